The van der Waals surface area contributed by atoms with Crippen molar-refractivity contribution in [2.24, 2.45) is 0 Å². The zero-order valence-corrected chi connectivity index (χ0v) is 9.96. The lowest BCUT2D eigenvalue weighted by atomic mass is 9.99. The smallest absolute Gasteiger partial charge is 0.222 e. The standard InChI is InChI=1S/C11H20N4/c1-5-6-11(3,4)15-9-7-8(2)13-10(12)14-9/h7H,5-6H2,1-4H3,(H3,12,13,14,15). The van der Waals surface area contributed by atoms with Crippen molar-refractivity contribution in [2.45, 2.75) is 46.1 Å². The maximum absolute atomic E-state index is 5.59. The molecule has 0 saturated carbocycles. The third-order valence-electron chi connectivity index (χ3n) is 2.21. The molecule has 0 aliphatic rings. The largest absolute Gasteiger partial charge is 0.368 e. The molecule has 0 fully saturated rings. The van der Waals surface area contributed by atoms with E-state index in [0.29, 0.717) is 5.95 Å². The van der Waals surface area contributed by atoms with Gasteiger partial charge in [-0.3, -0.25) is 0 Å². The summed E-state index contributed by atoms with van der Waals surface area (Å²) in [6.45, 7) is 8.40. The van der Waals surface area contributed by atoms with E-state index in [9.17, 15) is 0 Å². The normalized spacial score (nSPS) is 11.5. The lowest BCUT2D eigenvalue weighted by Gasteiger charge is -2.26. The number of nitrogens with one attached hydrogen (secondary N) is 1. The molecule has 0 aliphatic heterocycles. The van der Waals surface area contributed by atoms with Gasteiger partial charge in [-0.15, -0.1) is 0 Å². The molecule has 4 nitrogen and oxygen atoms in total. The van der Waals surface area contributed by atoms with E-state index in [-0.39, 0.29) is 5.54 Å². The van der Waals surface area contributed by atoms with Crippen molar-refractivity contribution in [3.63, 3.8) is 0 Å². The molecule has 0 aliphatic carbocycles. The van der Waals surface area contributed by atoms with Crippen LogP contribution in [-0.4, -0.2) is 15.5 Å². The van der Waals surface area contributed by atoms with Gasteiger partial charge in [-0.1, -0.05) is 13.3 Å². The third kappa shape index (κ3) is 3.73. The molecule has 1 heterocycles. The van der Waals surface area contributed by atoms with Gasteiger partial charge in [-0.25, -0.2) is 4.98 Å². The van der Waals surface area contributed by atoms with Gasteiger partial charge in [0.2, 0.25) is 5.95 Å². The molecule has 0 radical (unpaired) electrons. The van der Waals surface area contributed by atoms with Crippen molar-refractivity contribution >= 4 is 11.8 Å². The van der Waals surface area contributed by atoms with Crippen molar-refractivity contribution in [3.8, 4) is 0 Å². The van der Waals surface area contributed by atoms with Crippen LogP contribution in [0.15, 0.2) is 6.07 Å². The number of nitrogens with two attached hydrogens (primary N) is 1. The highest BCUT2D eigenvalue weighted by Gasteiger charge is 2.16. The van der Waals surface area contributed by atoms with E-state index < -0.39 is 0 Å². The molecule has 3 N–H and O–H groups in total. The van der Waals surface area contributed by atoms with Gasteiger partial charge < -0.3 is 11.1 Å². The van der Waals surface area contributed by atoms with E-state index in [2.05, 4.69) is 36.1 Å². The van der Waals surface area contributed by atoms with Gasteiger partial charge in [0.15, 0.2) is 0 Å². The number of hydrogen-bond acceptors (Lipinski definition) is 4. The Morgan fingerprint density at radius 2 is 2.07 bits per heavy atom. The quantitative estimate of drug-likeness (QED) is 0.797. The fourth-order valence-electron chi connectivity index (χ4n) is 1.69. The van der Waals surface area contributed by atoms with Crippen LogP contribution in [0.1, 0.15) is 39.3 Å². The fraction of sp³-hybridized carbons (Fsp3) is 0.636. The number of nitrogens with zero attached hydrogens (tertiary/aromatic N) is 2. The molecule has 0 atom stereocenters. The predicted molar refractivity (Wildman–Crippen MR) is 63.8 cm³/mol. The predicted octanol–water partition coefficient (Wildman–Crippen LogP) is 2.36. The van der Waals surface area contributed by atoms with Gasteiger partial charge in [0.05, 0.1) is 0 Å². The number of anilines is 2. The Labute approximate surface area is 91.3 Å². The molecule has 1 rings (SSSR count). The van der Waals surface area contributed by atoms with Gasteiger partial charge in [0.1, 0.15) is 5.82 Å². The molecule has 0 unspecified atom stereocenters. The zero-order valence-electron chi connectivity index (χ0n) is 9.96. The molecule has 0 saturated heterocycles. The first-order chi connectivity index (χ1) is 6.93. The van der Waals surface area contributed by atoms with E-state index in [1.54, 1.807) is 0 Å². The number of nitrogen functional groups attached to an aromatic ring is 1. The van der Waals surface area contributed by atoms with Crippen LogP contribution in [0, 0.1) is 6.92 Å². The van der Waals surface area contributed by atoms with E-state index in [4.69, 9.17) is 5.73 Å². The summed E-state index contributed by atoms with van der Waals surface area (Å²) < 4.78 is 0. The summed E-state index contributed by atoms with van der Waals surface area (Å²) in [5.74, 6) is 1.13. The Hall–Kier alpha value is -1.32. The highest BCUT2D eigenvalue weighted by atomic mass is 15.1. The average molecular weight is 208 g/mol. The Balaban J connectivity index is 2.80. The fourth-order valence-corrected chi connectivity index (χ4v) is 1.69. The van der Waals surface area contributed by atoms with Gasteiger partial charge >= 0.3 is 0 Å². The molecule has 4 heteroatoms. The van der Waals surface area contributed by atoms with Gasteiger partial charge in [-0.05, 0) is 27.2 Å². The van der Waals surface area contributed by atoms with Crippen LogP contribution in [0.25, 0.3) is 0 Å². The number of rotatable bonds is 4. The molecule has 0 bridgehead atoms. The van der Waals surface area contributed by atoms with Crippen LogP contribution in [0.5, 0.6) is 0 Å². The third-order valence-corrected chi connectivity index (χ3v) is 2.21. The summed E-state index contributed by atoms with van der Waals surface area (Å²) in [6, 6.07) is 1.91. The van der Waals surface area contributed by atoms with Crippen molar-refractivity contribution < 1.29 is 0 Å². The summed E-state index contributed by atoms with van der Waals surface area (Å²) in [5.41, 5.74) is 6.52. The maximum Gasteiger partial charge on any atom is 0.222 e. The first kappa shape index (κ1) is 11.8. The molecule has 0 amide bonds. The summed E-state index contributed by atoms with van der Waals surface area (Å²) in [4.78, 5) is 8.19. The van der Waals surface area contributed by atoms with Gasteiger partial charge in [-0.2, -0.15) is 4.98 Å². The average Bonchev–Trinajstić information content (AvgIpc) is 1.99. The SMILES string of the molecule is CCCC(C)(C)Nc1cc(C)nc(N)n1. The van der Waals surface area contributed by atoms with Gasteiger partial charge in [0, 0.05) is 17.3 Å². The van der Waals surface area contributed by atoms with E-state index in [1.807, 2.05) is 13.0 Å². The van der Waals surface area contributed by atoms with E-state index >= 15 is 0 Å². The highest BCUT2D eigenvalue weighted by Crippen LogP contribution is 2.18. The highest BCUT2D eigenvalue weighted by molar-refractivity contribution is 5.42. The van der Waals surface area contributed by atoms with E-state index in [1.165, 1.54) is 0 Å². The van der Waals surface area contributed by atoms with Crippen LogP contribution in [-0.2, 0) is 0 Å². The molecular formula is C11H20N4. The molecule has 1 aromatic heterocycles. The van der Waals surface area contributed by atoms with Crippen molar-refractivity contribution in [2.75, 3.05) is 11.1 Å². The summed E-state index contributed by atoms with van der Waals surface area (Å²) in [5, 5.41) is 3.37. The van der Waals surface area contributed by atoms with Crippen LogP contribution >= 0.6 is 0 Å². The Kier molecular flexibility index (Phi) is 3.50. The first-order valence-corrected chi connectivity index (χ1v) is 5.32. The molecule has 0 aromatic carbocycles. The summed E-state index contributed by atoms with van der Waals surface area (Å²) >= 11 is 0. The number of aryl methyl sites for hydroxylation is 1. The Morgan fingerprint density at radius 1 is 1.40 bits per heavy atom. The molecular weight excluding hydrogens is 188 g/mol. The van der Waals surface area contributed by atoms with Gasteiger partial charge in [0.25, 0.3) is 0 Å². The van der Waals surface area contributed by atoms with Crippen molar-refractivity contribution in [1.29, 1.82) is 0 Å². The van der Waals surface area contributed by atoms with Crippen molar-refractivity contribution in [3.05, 3.63) is 11.8 Å². The second kappa shape index (κ2) is 4.47. The number of hydrogen-bond donors (Lipinski definition) is 2. The second-order valence-electron chi connectivity index (χ2n) is 4.51. The van der Waals surface area contributed by atoms with Crippen LogP contribution in [0.4, 0.5) is 11.8 Å². The lowest BCUT2D eigenvalue weighted by Crippen LogP contribution is -2.31. The minimum atomic E-state index is 0.0436. The molecule has 0 spiro atoms. The maximum atomic E-state index is 5.59. The molecule has 84 valence electrons. The van der Waals surface area contributed by atoms with Crippen molar-refractivity contribution in [1.82, 2.24) is 9.97 Å². The Morgan fingerprint density at radius 3 is 2.60 bits per heavy atom. The molecule has 1 aromatic rings. The minimum absolute atomic E-state index is 0.0436. The summed E-state index contributed by atoms with van der Waals surface area (Å²) in [6.07, 6.45) is 2.23. The van der Waals surface area contributed by atoms with Crippen LogP contribution < -0.4 is 11.1 Å². The second-order valence-corrected chi connectivity index (χ2v) is 4.51. The topological polar surface area (TPSA) is 63.8 Å². The minimum Gasteiger partial charge on any atom is -0.368 e. The van der Waals surface area contributed by atoms with Crippen LogP contribution in [0.3, 0.4) is 0 Å². The first-order valence-electron chi connectivity index (χ1n) is 5.32. The van der Waals surface area contributed by atoms with Crippen LogP contribution in [0.2, 0.25) is 0 Å². The Bertz CT molecular complexity index is 313. The van der Waals surface area contributed by atoms with E-state index in [0.717, 1.165) is 24.4 Å². The monoisotopic (exact) mass is 208 g/mol. The molecule has 15 heavy (non-hydrogen) atoms. The lowest BCUT2D eigenvalue weighted by molar-refractivity contribution is 0.509. The zero-order chi connectivity index (χ0) is 11.5. The number of aromatic nitrogens is 2. The summed E-state index contributed by atoms with van der Waals surface area (Å²) in [7, 11) is 0.